The van der Waals surface area contributed by atoms with Crippen LogP contribution >= 0.6 is 11.6 Å². The summed E-state index contributed by atoms with van der Waals surface area (Å²) >= 11 is 5.74. The van der Waals surface area contributed by atoms with E-state index in [1.165, 1.54) is 12.3 Å². The van der Waals surface area contributed by atoms with Gasteiger partial charge in [0.2, 0.25) is 0 Å². The number of nitrogens with one attached hydrogen (secondary N) is 1. The Morgan fingerprint density at radius 1 is 1.27 bits per heavy atom. The summed E-state index contributed by atoms with van der Waals surface area (Å²) in [6.07, 6.45) is 1.35. The lowest BCUT2D eigenvalue weighted by Gasteiger charge is -2.00. The van der Waals surface area contributed by atoms with E-state index in [1.807, 2.05) is 0 Å². The van der Waals surface area contributed by atoms with Crippen molar-refractivity contribution in [2.24, 2.45) is 5.10 Å². The highest BCUT2D eigenvalue weighted by atomic mass is 35.5. The Balaban J connectivity index is 2.06. The zero-order valence-corrected chi connectivity index (χ0v) is 12.4. The van der Waals surface area contributed by atoms with Crippen molar-refractivity contribution in [2.75, 3.05) is 0 Å². The average Bonchev–Trinajstić information content (AvgIpc) is 2.49. The van der Waals surface area contributed by atoms with E-state index in [0.29, 0.717) is 21.7 Å². The number of hydrogen-bond acceptors (Lipinski definition) is 4. The number of nitro benzene ring substituents is 1. The quantitative estimate of drug-likeness (QED) is 0.533. The number of benzene rings is 2. The highest BCUT2D eigenvalue weighted by molar-refractivity contribution is 6.30. The standard InChI is InChI=1S/C15H12ClN3O3/c1-10-2-3-11(8-14(10)19(21)22)9-17-18-15(20)12-4-6-13(16)7-5-12/h2-9H,1H3,(H,18,20)/b17-9-. The third-order valence-electron chi connectivity index (χ3n) is 2.92. The molecule has 0 heterocycles. The molecule has 1 N–H and O–H groups in total. The topological polar surface area (TPSA) is 84.6 Å². The van der Waals surface area contributed by atoms with Gasteiger partial charge < -0.3 is 0 Å². The fourth-order valence-corrected chi connectivity index (χ4v) is 1.86. The van der Waals surface area contributed by atoms with Gasteiger partial charge in [-0.05, 0) is 31.2 Å². The van der Waals surface area contributed by atoms with Crippen LogP contribution in [0.4, 0.5) is 5.69 Å². The maximum atomic E-state index is 11.8. The van der Waals surface area contributed by atoms with Gasteiger partial charge in [0, 0.05) is 27.8 Å². The summed E-state index contributed by atoms with van der Waals surface area (Å²) in [5.74, 6) is -0.394. The molecule has 0 aliphatic rings. The Kier molecular flexibility index (Phi) is 4.85. The van der Waals surface area contributed by atoms with E-state index >= 15 is 0 Å². The van der Waals surface area contributed by atoms with Crippen molar-refractivity contribution >= 4 is 29.4 Å². The second-order valence-corrected chi connectivity index (χ2v) is 4.95. The summed E-state index contributed by atoms with van der Waals surface area (Å²) in [7, 11) is 0. The molecule has 22 heavy (non-hydrogen) atoms. The average molecular weight is 318 g/mol. The predicted molar refractivity (Wildman–Crippen MR) is 84.3 cm³/mol. The van der Waals surface area contributed by atoms with Crippen molar-refractivity contribution in [3.63, 3.8) is 0 Å². The zero-order chi connectivity index (χ0) is 16.1. The number of aryl methyl sites for hydroxylation is 1. The first kappa shape index (κ1) is 15.7. The first-order valence-corrected chi connectivity index (χ1v) is 6.69. The van der Waals surface area contributed by atoms with E-state index in [2.05, 4.69) is 10.5 Å². The van der Waals surface area contributed by atoms with Crippen LogP contribution in [0.15, 0.2) is 47.6 Å². The highest BCUT2D eigenvalue weighted by Crippen LogP contribution is 2.18. The maximum absolute atomic E-state index is 11.8. The lowest BCUT2D eigenvalue weighted by molar-refractivity contribution is -0.385. The van der Waals surface area contributed by atoms with Gasteiger partial charge in [-0.15, -0.1) is 0 Å². The maximum Gasteiger partial charge on any atom is 0.272 e. The van der Waals surface area contributed by atoms with Gasteiger partial charge in [-0.25, -0.2) is 5.43 Å². The Bertz CT molecular complexity index is 742. The minimum absolute atomic E-state index is 0.00739. The van der Waals surface area contributed by atoms with Gasteiger partial charge in [0.15, 0.2) is 0 Å². The molecule has 0 fully saturated rings. The molecule has 0 bridgehead atoms. The number of carbonyl (C=O) groups excluding carboxylic acids is 1. The third kappa shape index (κ3) is 3.89. The molecule has 1 amide bonds. The van der Waals surface area contributed by atoms with Gasteiger partial charge >= 0.3 is 0 Å². The van der Waals surface area contributed by atoms with Crippen molar-refractivity contribution in [3.05, 3.63) is 74.3 Å². The molecule has 0 atom stereocenters. The third-order valence-corrected chi connectivity index (χ3v) is 3.17. The Hall–Kier alpha value is -2.73. The summed E-state index contributed by atoms with van der Waals surface area (Å²) < 4.78 is 0. The number of rotatable bonds is 4. The summed E-state index contributed by atoms with van der Waals surface area (Å²) in [5.41, 5.74) is 3.85. The van der Waals surface area contributed by atoms with E-state index in [4.69, 9.17) is 11.6 Å². The van der Waals surface area contributed by atoms with Gasteiger partial charge in [0.05, 0.1) is 11.1 Å². The minimum Gasteiger partial charge on any atom is -0.267 e. The summed E-state index contributed by atoms with van der Waals surface area (Å²) in [6.45, 7) is 1.65. The molecule has 0 spiro atoms. The second kappa shape index (κ2) is 6.82. The van der Waals surface area contributed by atoms with Crippen LogP contribution in [0.1, 0.15) is 21.5 Å². The molecule has 112 valence electrons. The van der Waals surface area contributed by atoms with Crippen molar-refractivity contribution in [1.82, 2.24) is 5.43 Å². The van der Waals surface area contributed by atoms with E-state index in [-0.39, 0.29) is 5.69 Å². The molecule has 2 rings (SSSR count). The highest BCUT2D eigenvalue weighted by Gasteiger charge is 2.10. The molecule has 0 aromatic heterocycles. The van der Waals surface area contributed by atoms with Crippen molar-refractivity contribution < 1.29 is 9.72 Å². The Labute approximate surface area is 131 Å². The smallest absolute Gasteiger partial charge is 0.267 e. The number of nitro groups is 1. The van der Waals surface area contributed by atoms with Crippen molar-refractivity contribution in [2.45, 2.75) is 6.92 Å². The Morgan fingerprint density at radius 2 is 1.95 bits per heavy atom. The molecule has 2 aromatic carbocycles. The molecule has 0 saturated heterocycles. The summed E-state index contributed by atoms with van der Waals surface area (Å²) in [5, 5.41) is 15.2. The summed E-state index contributed by atoms with van der Waals surface area (Å²) in [6, 6.07) is 11.1. The van der Waals surface area contributed by atoms with Crippen molar-refractivity contribution in [3.8, 4) is 0 Å². The monoisotopic (exact) mass is 317 g/mol. The number of amides is 1. The van der Waals surface area contributed by atoms with Gasteiger partial charge in [-0.3, -0.25) is 14.9 Å². The second-order valence-electron chi connectivity index (χ2n) is 4.51. The van der Waals surface area contributed by atoms with Crippen LogP contribution in [-0.2, 0) is 0 Å². The lowest BCUT2D eigenvalue weighted by atomic mass is 10.1. The minimum atomic E-state index is -0.459. The molecular formula is C15H12ClN3O3. The van der Waals surface area contributed by atoms with E-state index < -0.39 is 10.8 Å². The fourth-order valence-electron chi connectivity index (χ4n) is 1.73. The molecule has 6 nitrogen and oxygen atoms in total. The van der Waals surface area contributed by atoms with Crippen LogP contribution in [0.2, 0.25) is 5.02 Å². The molecular weight excluding hydrogens is 306 g/mol. The first-order chi connectivity index (χ1) is 10.5. The molecule has 0 aliphatic heterocycles. The van der Waals surface area contributed by atoms with Crippen LogP contribution in [0.5, 0.6) is 0 Å². The number of halogens is 1. The predicted octanol–water partition coefficient (Wildman–Crippen LogP) is 3.32. The zero-order valence-electron chi connectivity index (χ0n) is 11.6. The van der Waals surface area contributed by atoms with Crippen molar-refractivity contribution in [1.29, 1.82) is 0 Å². The number of nitrogens with zero attached hydrogens (tertiary/aromatic N) is 2. The normalized spacial score (nSPS) is 10.6. The molecule has 7 heteroatoms. The SMILES string of the molecule is Cc1ccc(/C=N\NC(=O)c2ccc(Cl)cc2)cc1[N+](=O)[O-]. The Morgan fingerprint density at radius 3 is 2.59 bits per heavy atom. The molecule has 0 saturated carbocycles. The molecule has 0 radical (unpaired) electrons. The largest absolute Gasteiger partial charge is 0.272 e. The van der Waals surface area contributed by atoms with Crippen LogP contribution < -0.4 is 5.43 Å². The number of hydrazone groups is 1. The van der Waals surface area contributed by atoms with Gasteiger partial charge in [0.1, 0.15) is 0 Å². The van der Waals surface area contributed by atoms with Gasteiger partial charge in [-0.1, -0.05) is 23.7 Å². The van der Waals surface area contributed by atoms with Crippen LogP contribution in [0.3, 0.4) is 0 Å². The molecule has 2 aromatic rings. The molecule has 0 unspecified atom stereocenters. The number of hydrogen-bond donors (Lipinski definition) is 1. The van der Waals surface area contributed by atoms with Gasteiger partial charge in [0.25, 0.3) is 11.6 Å². The van der Waals surface area contributed by atoms with E-state index in [1.54, 1.807) is 43.3 Å². The van der Waals surface area contributed by atoms with E-state index in [9.17, 15) is 14.9 Å². The fraction of sp³-hybridized carbons (Fsp3) is 0.0667. The van der Waals surface area contributed by atoms with Crippen LogP contribution in [0.25, 0.3) is 0 Å². The van der Waals surface area contributed by atoms with Crippen LogP contribution in [-0.4, -0.2) is 17.0 Å². The summed E-state index contributed by atoms with van der Waals surface area (Å²) in [4.78, 5) is 22.2. The first-order valence-electron chi connectivity index (χ1n) is 6.31. The van der Waals surface area contributed by atoms with E-state index in [0.717, 1.165) is 0 Å². The molecule has 0 aliphatic carbocycles. The van der Waals surface area contributed by atoms with Crippen LogP contribution in [0, 0.1) is 17.0 Å². The van der Waals surface area contributed by atoms with Gasteiger partial charge in [-0.2, -0.15) is 5.10 Å². The lowest BCUT2D eigenvalue weighted by Crippen LogP contribution is -2.17. The number of carbonyl (C=O) groups is 1.